The van der Waals surface area contributed by atoms with E-state index in [4.69, 9.17) is 5.11 Å². The van der Waals surface area contributed by atoms with Gasteiger partial charge in [-0.1, -0.05) is 0 Å². The van der Waals surface area contributed by atoms with Crippen LogP contribution in [0.5, 0.6) is 0 Å². The Labute approximate surface area is 118 Å². The fourth-order valence-corrected chi connectivity index (χ4v) is 2.48. The Morgan fingerprint density at radius 2 is 1.89 bits per heavy atom. The van der Waals surface area contributed by atoms with E-state index < -0.39 is 12.0 Å². The molecule has 1 atom stereocenters. The zero-order valence-corrected chi connectivity index (χ0v) is 12.7. The van der Waals surface area contributed by atoms with E-state index >= 15 is 0 Å². The van der Waals surface area contributed by atoms with Crippen molar-refractivity contribution in [3.05, 3.63) is 0 Å². The van der Waals surface area contributed by atoms with Crippen LogP contribution >= 0.6 is 11.8 Å². The molecule has 0 aromatic heterocycles. The van der Waals surface area contributed by atoms with E-state index in [9.17, 15) is 9.59 Å². The first-order valence-electron chi connectivity index (χ1n) is 6.43. The van der Waals surface area contributed by atoms with Gasteiger partial charge in [-0.3, -0.25) is 9.69 Å². The summed E-state index contributed by atoms with van der Waals surface area (Å²) in [6.45, 7) is 4.86. The van der Waals surface area contributed by atoms with E-state index in [1.54, 1.807) is 28.5 Å². The number of urea groups is 1. The zero-order valence-electron chi connectivity index (χ0n) is 11.8. The third kappa shape index (κ3) is 4.58. The molecule has 110 valence electrons. The lowest BCUT2D eigenvalue weighted by atomic mass is 10.2. The van der Waals surface area contributed by atoms with Crippen LogP contribution in [0.25, 0.3) is 0 Å². The Hall–Kier alpha value is -0.950. The molecule has 6 nitrogen and oxygen atoms in total. The predicted molar refractivity (Wildman–Crippen MR) is 76.7 cm³/mol. The Balaban J connectivity index is 2.40. The second kappa shape index (κ2) is 7.59. The van der Waals surface area contributed by atoms with Gasteiger partial charge in [-0.2, -0.15) is 11.8 Å². The first-order chi connectivity index (χ1) is 8.97. The predicted octanol–water partition coefficient (Wildman–Crippen LogP) is 0.492. The van der Waals surface area contributed by atoms with Gasteiger partial charge in [0.05, 0.1) is 0 Å². The molecule has 1 fully saturated rings. The number of nitrogens with zero attached hydrogens (tertiary/aromatic N) is 3. The van der Waals surface area contributed by atoms with Gasteiger partial charge < -0.3 is 14.9 Å². The second-order valence-corrected chi connectivity index (χ2v) is 5.72. The van der Waals surface area contributed by atoms with Crippen molar-refractivity contribution >= 4 is 23.8 Å². The summed E-state index contributed by atoms with van der Waals surface area (Å²) in [4.78, 5) is 28.5. The highest BCUT2D eigenvalue weighted by Gasteiger charge is 2.28. The van der Waals surface area contributed by atoms with Crippen LogP contribution in [0.2, 0.25) is 0 Å². The summed E-state index contributed by atoms with van der Waals surface area (Å²) in [5.41, 5.74) is 0. The summed E-state index contributed by atoms with van der Waals surface area (Å²) in [6.07, 6.45) is 2.02. The lowest BCUT2D eigenvalue weighted by Gasteiger charge is -2.38. The van der Waals surface area contributed by atoms with Crippen molar-refractivity contribution in [2.75, 3.05) is 51.8 Å². The molecule has 1 unspecified atom stereocenters. The molecule has 7 heteroatoms. The van der Waals surface area contributed by atoms with E-state index in [0.29, 0.717) is 26.2 Å². The Morgan fingerprint density at radius 1 is 1.32 bits per heavy atom. The van der Waals surface area contributed by atoms with Crippen molar-refractivity contribution in [1.82, 2.24) is 14.7 Å². The molecule has 0 bridgehead atoms. The lowest BCUT2D eigenvalue weighted by Crippen LogP contribution is -2.55. The highest BCUT2D eigenvalue weighted by Crippen LogP contribution is 2.09. The van der Waals surface area contributed by atoms with Crippen molar-refractivity contribution in [1.29, 1.82) is 0 Å². The first-order valence-corrected chi connectivity index (χ1v) is 7.82. The Bertz CT molecular complexity index is 319. The normalized spacial score (nSPS) is 18.2. The fraction of sp³-hybridized carbons (Fsp3) is 0.833. The SMILES string of the molecule is CSCCN(C)C(=O)N1CCN(C(C)C(=O)O)CC1. The number of carbonyl (C=O) groups excluding carboxylic acids is 1. The van der Waals surface area contributed by atoms with Gasteiger partial charge in [-0.05, 0) is 13.2 Å². The van der Waals surface area contributed by atoms with Crippen molar-refractivity contribution in [3.8, 4) is 0 Å². The summed E-state index contributed by atoms with van der Waals surface area (Å²) in [7, 11) is 1.81. The molecule has 0 aromatic carbocycles. The molecule has 0 radical (unpaired) electrons. The van der Waals surface area contributed by atoms with Crippen LogP contribution in [0.3, 0.4) is 0 Å². The number of carboxylic acid groups (broad SMARTS) is 1. The number of thioether (sulfide) groups is 1. The lowest BCUT2D eigenvalue weighted by molar-refractivity contribution is -0.143. The highest BCUT2D eigenvalue weighted by molar-refractivity contribution is 7.98. The summed E-state index contributed by atoms with van der Waals surface area (Å²) >= 11 is 1.72. The summed E-state index contributed by atoms with van der Waals surface area (Å²) in [6, 6.07) is -0.442. The standard InChI is InChI=1S/C12H23N3O3S/c1-10(11(16)17)14-4-6-15(7-5-14)12(18)13(2)8-9-19-3/h10H,4-9H2,1-3H3,(H,16,17). The summed E-state index contributed by atoms with van der Waals surface area (Å²) < 4.78 is 0. The summed E-state index contributed by atoms with van der Waals surface area (Å²) in [5.74, 6) is 0.120. The third-order valence-corrected chi connectivity index (χ3v) is 4.04. The quantitative estimate of drug-likeness (QED) is 0.798. The Morgan fingerprint density at radius 3 is 2.37 bits per heavy atom. The van der Waals surface area contributed by atoms with E-state index in [0.717, 1.165) is 12.3 Å². The molecule has 0 saturated carbocycles. The molecule has 1 aliphatic rings. The smallest absolute Gasteiger partial charge is 0.320 e. The maximum Gasteiger partial charge on any atom is 0.320 e. The first kappa shape index (κ1) is 16.1. The molecule has 1 heterocycles. The van der Waals surface area contributed by atoms with Crippen LogP contribution in [0, 0.1) is 0 Å². The number of amides is 2. The van der Waals surface area contributed by atoms with Crippen molar-refractivity contribution < 1.29 is 14.7 Å². The van der Waals surface area contributed by atoms with Crippen LogP contribution in [0.1, 0.15) is 6.92 Å². The van der Waals surface area contributed by atoms with Gasteiger partial charge in [-0.25, -0.2) is 4.79 Å². The molecule has 1 rings (SSSR count). The van der Waals surface area contributed by atoms with Gasteiger partial charge in [-0.15, -0.1) is 0 Å². The highest BCUT2D eigenvalue weighted by atomic mass is 32.2. The van der Waals surface area contributed by atoms with Crippen molar-refractivity contribution in [2.24, 2.45) is 0 Å². The minimum Gasteiger partial charge on any atom is -0.480 e. The minimum atomic E-state index is -0.808. The zero-order chi connectivity index (χ0) is 14.4. The van der Waals surface area contributed by atoms with Crippen molar-refractivity contribution in [3.63, 3.8) is 0 Å². The van der Waals surface area contributed by atoms with E-state index in [1.807, 2.05) is 18.2 Å². The van der Waals surface area contributed by atoms with Crippen LogP contribution in [0.15, 0.2) is 0 Å². The number of carboxylic acids is 1. The van der Waals surface area contributed by atoms with Crippen LogP contribution in [-0.4, -0.2) is 89.6 Å². The topological polar surface area (TPSA) is 64.1 Å². The maximum absolute atomic E-state index is 12.1. The van der Waals surface area contributed by atoms with Crippen LogP contribution in [0.4, 0.5) is 4.79 Å². The third-order valence-electron chi connectivity index (χ3n) is 3.45. The van der Waals surface area contributed by atoms with E-state index in [-0.39, 0.29) is 6.03 Å². The van der Waals surface area contributed by atoms with Gasteiger partial charge in [0.1, 0.15) is 6.04 Å². The fourth-order valence-electron chi connectivity index (χ4n) is 2.02. The average Bonchev–Trinajstić information content (AvgIpc) is 2.43. The molecule has 1 saturated heterocycles. The number of hydrogen-bond acceptors (Lipinski definition) is 4. The number of rotatable bonds is 5. The van der Waals surface area contributed by atoms with Crippen molar-refractivity contribution in [2.45, 2.75) is 13.0 Å². The number of piperazine rings is 1. The molecule has 1 N–H and O–H groups in total. The second-order valence-electron chi connectivity index (χ2n) is 4.73. The molecule has 0 spiro atoms. The maximum atomic E-state index is 12.1. The largest absolute Gasteiger partial charge is 0.480 e. The van der Waals surface area contributed by atoms with E-state index in [1.165, 1.54) is 0 Å². The Kier molecular flexibility index (Phi) is 6.44. The van der Waals surface area contributed by atoms with Gasteiger partial charge >= 0.3 is 12.0 Å². The van der Waals surface area contributed by atoms with Crippen LogP contribution in [-0.2, 0) is 4.79 Å². The van der Waals surface area contributed by atoms with Gasteiger partial charge in [0.25, 0.3) is 0 Å². The number of aliphatic carboxylic acids is 1. The van der Waals surface area contributed by atoms with E-state index in [2.05, 4.69) is 0 Å². The average molecular weight is 289 g/mol. The van der Waals surface area contributed by atoms with Gasteiger partial charge in [0, 0.05) is 45.5 Å². The minimum absolute atomic E-state index is 0.0386. The van der Waals surface area contributed by atoms with Gasteiger partial charge in [0.2, 0.25) is 0 Å². The number of carbonyl (C=O) groups is 2. The molecule has 19 heavy (non-hydrogen) atoms. The summed E-state index contributed by atoms with van der Waals surface area (Å²) in [5, 5.41) is 8.96. The molecule has 2 amide bonds. The molecule has 0 aromatic rings. The van der Waals surface area contributed by atoms with Crippen LogP contribution < -0.4 is 0 Å². The van der Waals surface area contributed by atoms with Gasteiger partial charge in [0.15, 0.2) is 0 Å². The molecular formula is C12H23N3O3S. The monoisotopic (exact) mass is 289 g/mol. The molecular weight excluding hydrogens is 266 g/mol. The molecule has 1 aliphatic heterocycles. The number of hydrogen-bond donors (Lipinski definition) is 1. The molecule has 0 aliphatic carbocycles.